The summed E-state index contributed by atoms with van der Waals surface area (Å²) in [5.41, 5.74) is 3.16. The number of benzene rings is 2. The highest BCUT2D eigenvalue weighted by Crippen LogP contribution is 2.07. The van der Waals surface area contributed by atoms with Crippen LogP contribution in [-0.4, -0.2) is 35.0 Å². The SMILES string of the molecule is CN=C(NCCCc1ccccc1)NCc1ccc(CS(=O)(=O)NC)cc1.I. The average Bonchev–Trinajstić information content (AvgIpc) is 2.69. The van der Waals surface area contributed by atoms with Gasteiger partial charge in [-0.05, 0) is 36.6 Å². The fraction of sp³-hybridized carbons (Fsp3) is 0.350. The summed E-state index contributed by atoms with van der Waals surface area (Å²) >= 11 is 0. The number of nitrogens with zero attached hydrogens (tertiary/aromatic N) is 1. The molecule has 0 saturated carbocycles. The van der Waals surface area contributed by atoms with Gasteiger partial charge in [0.05, 0.1) is 5.75 Å². The largest absolute Gasteiger partial charge is 0.356 e. The van der Waals surface area contributed by atoms with Gasteiger partial charge in [-0.1, -0.05) is 54.6 Å². The van der Waals surface area contributed by atoms with Crippen LogP contribution in [0.1, 0.15) is 23.1 Å². The van der Waals surface area contributed by atoms with Crippen molar-refractivity contribution < 1.29 is 8.42 Å². The average molecular weight is 516 g/mol. The molecule has 0 aliphatic carbocycles. The fourth-order valence-corrected chi connectivity index (χ4v) is 3.37. The number of guanidine groups is 1. The number of nitrogens with one attached hydrogen (secondary N) is 3. The van der Waals surface area contributed by atoms with Gasteiger partial charge in [-0.3, -0.25) is 4.99 Å². The Labute approximate surface area is 185 Å². The predicted octanol–water partition coefficient (Wildman–Crippen LogP) is 2.65. The molecule has 28 heavy (non-hydrogen) atoms. The van der Waals surface area contributed by atoms with Crippen LogP contribution in [0.2, 0.25) is 0 Å². The van der Waals surface area contributed by atoms with Gasteiger partial charge in [0.1, 0.15) is 0 Å². The quantitative estimate of drug-likeness (QED) is 0.207. The van der Waals surface area contributed by atoms with E-state index in [2.05, 4.69) is 44.6 Å². The van der Waals surface area contributed by atoms with Crippen molar-refractivity contribution >= 4 is 40.0 Å². The van der Waals surface area contributed by atoms with Crippen LogP contribution in [0.3, 0.4) is 0 Å². The number of rotatable bonds is 9. The topological polar surface area (TPSA) is 82.6 Å². The highest BCUT2D eigenvalue weighted by molar-refractivity contribution is 14.0. The van der Waals surface area contributed by atoms with Crippen molar-refractivity contribution in [3.63, 3.8) is 0 Å². The Bertz CT molecular complexity index is 825. The molecule has 0 spiro atoms. The lowest BCUT2D eigenvalue weighted by molar-refractivity contribution is 0.587. The van der Waals surface area contributed by atoms with E-state index in [4.69, 9.17) is 0 Å². The first-order valence-electron chi connectivity index (χ1n) is 9.00. The minimum Gasteiger partial charge on any atom is -0.356 e. The van der Waals surface area contributed by atoms with Crippen LogP contribution in [0, 0.1) is 0 Å². The molecule has 0 heterocycles. The van der Waals surface area contributed by atoms with Crippen molar-refractivity contribution in [3.8, 4) is 0 Å². The van der Waals surface area contributed by atoms with E-state index in [1.165, 1.54) is 12.6 Å². The van der Waals surface area contributed by atoms with Crippen molar-refractivity contribution in [1.29, 1.82) is 0 Å². The zero-order valence-electron chi connectivity index (χ0n) is 16.3. The van der Waals surface area contributed by atoms with E-state index in [-0.39, 0.29) is 29.7 Å². The monoisotopic (exact) mass is 516 g/mol. The molecule has 0 fully saturated rings. The summed E-state index contributed by atoms with van der Waals surface area (Å²) < 4.78 is 25.5. The number of hydrogen-bond acceptors (Lipinski definition) is 3. The molecule has 0 unspecified atom stereocenters. The summed E-state index contributed by atoms with van der Waals surface area (Å²) in [7, 11) is -0.0718. The zero-order valence-corrected chi connectivity index (χ0v) is 19.5. The molecule has 0 amide bonds. The normalized spacial score (nSPS) is 11.6. The molecule has 0 radical (unpaired) electrons. The van der Waals surface area contributed by atoms with Gasteiger partial charge in [-0.25, -0.2) is 13.1 Å². The standard InChI is InChI=1S/C20H28N4O2S.HI/c1-21-20(23-14-6-9-17-7-4-3-5-8-17)24-15-18-10-12-19(13-11-18)16-27(25,26)22-2;/h3-5,7-8,10-13,22H,6,9,14-16H2,1-2H3,(H2,21,23,24);1H. The molecule has 6 nitrogen and oxygen atoms in total. The number of aliphatic imine (C=N–C) groups is 1. The molecule has 0 atom stereocenters. The smallest absolute Gasteiger partial charge is 0.215 e. The number of sulfonamides is 1. The van der Waals surface area contributed by atoms with E-state index in [0.29, 0.717) is 6.54 Å². The second-order valence-corrected chi connectivity index (χ2v) is 8.15. The van der Waals surface area contributed by atoms with Crippen LogP contribution < -0.4 is 15.4 Å². The Balaban J connectivity index is 0.00000392. The van der Waals surface area contributed by atoms with Crippen molar-refractivity contribution in [2.45, 2.75) is 25.1 Å². The van der Waals surface area contributed by atoms with Crippen molar-refractivity contribution in [2.24, 2.45) is 4.99 Å². The van der Waals surface area contributed by atoms with Crippen LogP contribution in [0.15, 0.2) is 59.6 Å². The molecule has 2 rings (SSSR count). The Hall–Kier alpha value is -1.65. The maximum absolute atomic E-state index is 11.6. The Morgan fingerprint density at radius 2 is 1.57 bits per heavy atom. The van der Waals surface area contributed by atoms with Crippen molar-refractivity contribution in [3.05, 3.63) is 71.3 Å². The fourth-order valence-electron chi connectivity index (χ4n) is 2.60. The van der Waals surface area contributed by atoms with E-state index < -0.39 is 10.0 Å². The van der Waals surface area contributed by atoms with E-state index in [9.17, 15) is 8.42 Å². The summed E-state index contributed by atoms with van der Waals surface area (Å²) in [6.45, 7) is 1.47. The third kappa shape index (κ3) is 9.03. The molecule has 0 aliphatic rings. The second kappa shape index (κ2) is 12.7. The van der Waals surface area contributed by atoms with Crippen LogP contribution in [0.5, 0.6) is 0 Å². The first kappa shape index (κ1) is 24.4. The van der Waals surface area contributed by atoms with E-state index in [0.717, 1.165) is 36.5 Å². The van der Waals surface area contributed by atoms with E-state index in [1.807, 2.05) is 30.3 Å². The Morgan fingerprint density at radius 1 is 0.929 bits per heavy atom. The van der Waals surface area contributed by atoms with Gasteiger partial charge in [0.2, 0.25) is 10.0 Å². The molecule has 0 bridgehead atoms. The molecule has 8 heteroatoms. The van der Waals surface area contributed by atoms with Gasteiger partial charge in [0.25, 0.3) is 0 Å². The summed E-state index contributed by atoms with van der Waals surface area (Å²) in [4.78, 5) is 4.23. The van der Waals surface area contributed by atoms with Crippen LogP contribution >= 0.6 is 24.0 Å². The third-order valence-corrected chi connectivity index (χ3v) is 5.49. The van der Waals surface area contributed by atoms with E-state index >= 15 is 0 Å². The predicted molar refractivity (Wildman–Crippen MR) is 127 cm³/mol. The molecular weight excluding hydrogens is 487 g/mol. The van der Waals surface area contributed by atoms with Crippen LogP contribution in [0.4, 0.5) is 0 Å². The van der Waals surface area contributed by atoms with Gasteiger partial charge >= 0.3 is 0 Å². The molecule has 0 saturated heterocycles. The minimum atomic E-state index is -3.24. The maximum Gasteiger partial charge on any atom is 0.215 e. The molecular formula is C20H29IN4O2S. The number of hydrogen-bond donors (Lipinski definition) is 3. The lowest BCUT2D eigenvalue weighted by Crippen LogP contribution is -2.37. The van der Waals surface area contributed by atoms with Gasteiger partial charge < -0.3 is 10.6 Å². The van der Waals surface area contributed by atoms with Gasteiger partial charge in [0, 0.05) is 20.1 Å². The minimum absolute atomic E-state index is 0. The summed E-state index contributed by atoms with van der Waals surface area (Å²) in [5, 5.41) is 6.58. The lowest BCUT2D eigenvalue weighted by Gasteiger charge is -2.12. The second-order valence-electron chi connectivity index (χ2n) is 6.22. The first-order chi connectivity index (χ1) is 13.0. The first-order valence-corrected chi connectivity index (χ1v) is 10.6. The van der Waals surface area contributed by atoms with Gasteiger partial charge in [0.15, 0.2) is 5.96 Å². The third-order valence-electron chi connectivity index (χ3n) is 4.15. The maximum atomic E-state index is 11.6. The summed E-state index contributed by atoms with van der Waals surface area (Å²) in [6, 6.07) is 17.9. The Morgan fingerprint density at radius 3 is 2.18 bits per heavy atom. The van der Waals surface area contributed by atoms with E-state index in [1.54, 1.807) is 7.05 Å². The van der Waals surface area contributed by atoms with Crippen LogP contribution in [-0.2, 0) is 28.7 Å². The highest BCUT2D eigenvalue weighted by atomic mass is 127. The Kier molecular flexibility index (Phi) is 11.1. The lowest BCUT2D eigenvalue weighted by atomic mass is 10.1. The molecule has 154 valence electrons. The zero-order chi connectivity index (χ0) is 19.5. The van der Waals surface area contributed by atoms with Crippen molar-refractivity contribution in [1.82, 2.24) is 15.4 Å². The molecule has 0 aromatic heterocycles. The summed E-state index contributed by atoms with van der Waals surface area (Å²) in [6.07, 6.45) is 2.06. The number of aryl methyl sites for hydroxylation is 1. The van der Waals surface area contributed by atoms with Crippen LogP contribution in [0.25, 0.3) is 0 Å². The molecule has 3 N–H and O–H groups in total. The van der Waals surface area contributed by atoms with Crippen molar-refractivity contribution in [2.75, 3.05) is 20.6 Å². The molecule has 2 aromatic carbocycles. The molecule has 2 aromatic rings. The van der Waals surface area contributed by atoms with Gasteiger partial charge in [-0.15, -0.1) is 24.0 Å². The highest BCUT2D eigenvalue weighted by Gasteiger charge is 2.08. The number of halogens is 1. The molecule has 0 aliphatic heterocycles. The van der Waals surface area contributed by atoms with Gasteiger partial charge in [-0.2, -0.15) is 0 Å². The summed E-state index contributed by atoms with van der Waals surface area (Å²) in [5.74, 6) is 0.742.